The summed E-state index contributed by atoms with van der Waals surface area (Å²) in [7, 11) is 1.39. The molecule has 0 fully saturated rings. The van der Waals surface area contributed by atoms with Crippen molar-refractivity contribution >= 4 is 41.0 Å². The number of carbonyl (C=O) groups is 2. The van der Waals surface area contributed by atoms with Gasteiger partial charge in [0.1, 0.15) is 6.04 Å². The largest absolute Gasteiger partial charge is 0.480 e. The Morgan fingerprint density at radius 3 is 2.39 bits per heavy atom. The van der Waals surface area contributed by atoms with Crippen molar-refractivity contribution in [1.29, 1.82) is 0 Å². The van der Waals surface area contributed by atoms with Crippen LogP contribution in [0, 0.1) is 0 Å². The lowest BCUT2D eigenvalue weighted by Crippen LogP contribution is -2.36. The highest BCUT2D eigenvalue weighted by atomic mass is 35.5. The maximum atomic E-state index is 13.5. The summed E-state index contributed by atoms with van der Waals surface area (Å²) in [5.41, 5.74) is 1.81. The van der Waals surface area contributed by atoms with E-state index in [2.05, 4.69) is 10.4 Å². The molecule has 194 valence electrons. The van der Waals surface area contributed by atoms with Gasteiger partial charge in [-0.05, 0) is 60.5 Å². The molecule has 4 aromatic rings. The summed E-state index contributed by atoms with van der Waals surface area (Å²) >= 11 is 6.79. The van der Waals surface area contributed by atoms with E-state index in [-0.39, 0.29) is 23.6 Å². The van der Waals surface area contributed by atoms with Gasteiger partial charge in [-0.25, -0.2) is 4.68 Å². The number of aromatic nitrogens is 2. The third-order valence-corrected chi connectivity index (χ3v) is 6.58. The molecule has 8 nitrogen and oxygen atoms in total. The lowest BCUT2D eigenvalue weighted by atomic mass is 9.98. The minimum Gasteiger partial charge on any atom is -0.480 e. The van der Waals surface area contributed by atoms with E-state index in [0.29, 0.717) is 38.8 Å². The van der Waals surface area contributed by atoms with E-state index in [0.717, 1.165) is 10.2 Å². The summed E-state index contributed by atoms with van der Waals surface area (Å²) in [5, 5.41) is 7.61. The zero-order valence-corrected chi connectivity index (χ0v) is 22.1. The van der Waals surface area contributed by atoms with Crippen molar-refractivity contribution in [2.24, 2.45) is 0 Å². The van der Waals surface area contributed by atoms with E-state index in [1.54, 1.807) is 42.5 Å². The predicted octanol–water partition coefficient (Wildman–Crippen LogP) is 5.76. The van der Waals surface area contributed by atoms with E-state index in [1.807, 2.05) is 30.3 Å². The number of Topliss-reactive ketones (excluding diaryl/α,β-unsaturated/α-hetero) is 1. The van der Waals surface area contributed by atoms with E-state index in [1.165, 1.54) is 20.1 Å². The molecular weight excluding hydrogens is 526 g/mol. The molecule has 0 spiro atoms. The number of rotatable bonds is 9. The summed E-state index contributed by atoms with van der Waals surface area (Å²) in [6.45, 7) is 1.42. The van der Waals surface area contributed by atoms with E-state index >= 15 is 0 Å². The van der Waals surface area contributed by atoms with Crippen LogP contribution in [0.15, 0.2) is 88.6 Å². The predicted molar refractivity (Wildman–Crippen MR) is 148 cm³/mol. The van der Waals surface area contributed by atoms with Crippen LogP contribution < -0.4 is 15.6 Å². The Morgan fingerprint density at radius 1 is 1.05 bits per heavy atom. The summed E-state index contributed by atoms with van der Waals surface area (Å²) in [5.74, 6) is -0.616. The zero-order chi connectivity index (χ0) is 27.2. The smallest absolute Gasteiger partial charge is 0.268 e. The number of hydrogen-bond donors (Lipinski definition) is 2. The average molecular weight is 550 g/mol. The molecular formula is C28H24ClN3O5S. The van der Waals surface area contributed by atoms with Crippen molar-refractivity contribution in [3.63, 3.8) is 0 Å². The number of methoxy groups -OCH3 is 1. The topological polar surface area (TPSA) is 111 Å². The third kappa shape index (κ3) is 6.13. The number of anilines is 1. The molecule has 0 radical (unpaired) electrons. The fourth-order valence-electron chi connectivity index (χ4n) is 4.02. The molecule has 0 saturated heterocycles. The van der Waals surface area contributed by atoms with Gasteiger partial charge < -0.3 is 14.6 Å². The summed E-state index contributed by atoms with van der Waals surface area (Å²) in [4.78, 5) is 39.8. The molecule has 38 heavy (non-hydrogen) atoms. The Kier molecular flexibility index (Phi) is 8.62. The Balaban J connectivity index is 1.79. The molecule has 0 aliphatic carbocycles. The van der Waals surface area contributed by atoms with Crippen LogP contribution in [-0.2, 0) is 11.2 Å². The van der Waals surface area contributed by atoms with E-state index in [4.69, 9.17) is 16.3 Å². The number of ether oxygens (including phenoxy) is 1. The molecule has 1 atom stereocenters. The van der Waals surface area contributed by atoms with Crippen molar-refractivity contribution < 1.29 is 18.9 Å². The molecule has 4 rings (SSSR count). The lowest BCUT2D eigenvalue weighted by molar-refractivity contribution is -0.119. The minimum absolute atomic E-state index is 0.0598. The van der Waals surface area contributed by atoms with Crippen LogP contribution in [0.1, 0.15) is 28.9 Å². The Hall–Kier alpha value is -3.92. The normalized spacial score (nSPS) is 11.6. The van der Waals surface area contributed by atoms with Crippen LogP contribution >= 0.6 is 23.6 Å². The second-order valence-electron chi connectivity index (χ2n) is 8.41. The van der Waals surface area contributed by atoms with Gasteiger partial charge in [0, 0.05) is 45.7 Å². The van der Waals surface area contributed by atoms with Crippen LogP contribution in [0.5, 0.6) is 5.88 Å². The molecule has 3 aromatic carbocycles. The Bertz CT molecular complexity index is 1520. The number of ketones is 1. The van der Waals surface area contributed by atoms with E-state index < -0.39 is 17.5 Å². The van der Waals surface area contributed by atoms with Gasteiger partial charge >= 0.3 is 0 Å². The van der Waals surface area contributed by atoms with Gasteiger partial charge in [0.05, 0.1) is 12.7 Å². The van der Waals surface area contributed by atoms with Crippen LogP contribution in [0.3, 0.4) is 0 Å². The SMILES string of the molecule is COc1nn(C(Cc2ccccc2)C(=O)Nc2ccc(SO)cc2)c(=O)cc1-c1cc(Cl)ccc1C(C)=O. The summed E-state index contributed by atoms with van der Waals surface area (Å²) in [6, 6.07) is 20.9. The van der Waals surface area contributed by atoms with Crippen molar-refractivity contribution in [3.8, 4) is 17.0 Å². The van der Waals surface area contributed by atoms with E-state index in [9.17, 15) is 18.9 Å². The molecule has 0 aliphatic heterocycles. The molecule has 10 heteroatoms. The number of benzene rings is 3. The maximum Gasteiger partial charge on any atom is 0.268 e. The van der Waals surface area contributed by atoms with Crippen molar-refractivity contribution in [1.82, 2.24) is 9.78 Å². The lowest BCUT2D eigenvalue weighted by Gasteiger charge is -2.20. The highest BCUT2D eigenvalue weighted by Gasteiger charge is 2.26. The molecule has 1 amide bonds. The molecule has 0 bridgehead atoms. The number of nitrogens with one attached hydrogen (secondary N) is 1. The number of halogens is 1. The first-order valence-corrected chi connectivity index (χ1v) is 12.7. The van der Waals surface area contributed by atoms with Gasteiger partial charge in [0.2, 0.25) is 11.8 Å². The van der Waals surface area contributed by atoms with Gasteiger partial charge in [-0.3, -0.25) is 14.4 Å². The Morgan fingerprint density at radius 2 is 1.76 bits per heavy atom. The molecule has 0 saturated carbocycles. The van der Waals surface area contributed by atoms with Crippen LogP contribution in [-0.4, -0.2) is 33.1 Å². The molecule has 1 heterocycles. The highest BCUT2D eigenvalue weighted by Crippen LogP contribution is 2.32. The quantitative estimate of drug-likeness (QED) is 0.202. The van der Waals surface area contributed by atoms with Crippen molar-refractivity contribution in [2.45, 2.75) is 24.3 Å². The maximum absolute atomic E-state index is 13.5. The zero-order valence-electron chi connectivity index (χ0n) is 20.6. The number of hydrogen-bond acceptors (Lipinski definition) is 7. The fraction of sp³-hybridized carbons (Fsp3) is 0.143. The molecule has 0 aliphatic rings. The summed E-state index contributed by atoms with van der Waals surface area (Å²) < 4.78 is 15.8. The Labute approximate surface area is 228 Å². The first kappa shape index (κ1) is 27.1. The molecule has 1 aromatic heterocycles. The molecule has 1 unspecified atom stereocenters. The van der Waals surface area contributed by atoms with Crippen LogP contribution in [0.2, 0.25) is 5.02 Å². The van der Waals surface area contributed by atoms with Gasteiger partial charge in [-0.2, -0.15) is 0 Å². The number of nitrogens with zero attached hydrogens (tertiary/aromatic N) is 2. The van der Waals surface area contributed by atoms with Gasteiger partial charge in [0.15, 0.2) is 5.78 Å². The monoisotopic (exact) mass is 549 g/mol. The number of carbonyl (C=O) groups excluding carboxylic acids is 2. The van der Waals surface area contributed by atoms with Gasteiger partial charge in [0.25, 0.3) is 5.56 Å². The van der Waals surface area contributed by atoms with Gasteiger partial charge in [-0.15, -0.1) is 5.10 Å². The summed E-state index contributed by atoms with van der Waals surface area (Å²) in [6.07, 6.45) is 0.183. The van der Waals surface area contributed by atoms with Gasteiger partial charge in [-0.1, -0.05) is 41.9 Å². The van der Waals surface area contributed by atoms with Crippen LogP contribution in [0.25, 0.3) is 11.1 Å². The molecule has 2 N–H and O–H groups in total. The minimum atomic E-state index is -1.02. The standard InChI is InChI=1S/C28H24ClN3O5S/c1-17(33)22-13-8-19(29)15-23(22)24-16-26(34)32(31-28(24)37-2)25(14-18-6-4-3-5-7-18)27(35)30-20-9-11-21(38-36)12-10-20/h3-13,15-16,25,36H,14H2,1-2H3,(H,30,35). The first-order valence-electron chi connectivity index (χ1n) is 11.6. The highest BCUT2D eigenvalue weighted by molar-refractivity contribution is 7.93. The average Bonchev–Trinajstić information content (AvgIpc) is 2.92. The van der Waals surface area contributed by atoms with Crippen LogP contribution in [0.4, 0.5) is 5.69 Å². The second kappa shape index (κ2) is 12.1. The van der Waals surface area contributed by atoms with Crippen molar-refractivity contribution in [3.05, 3.63) is 105 Å². The fourth-order valence-corrected chi connectivity index (χ4v) is 4.45. The first-order chi connectivity index (χ1) is 18.3. The van der Waals surface area contributed by atoms with Crippen molar-refractivity contribution in [2.75, 3.05) is 12.4 Å². The number of amides is 1. The second-order valence-corrected chi connectivity index (χ2v) is 9.50. The third-order valence-electron chi connectivity index (χ3n) is 5.86.